The molecule has 18 heavy (non-hydrogen) atoms. The zero-order valence-corrected chi connectivity index (χ0v) is 10.7. The number of hydrogen-bond acceptors (Lipinski definition) is 6. The summed E-state index contributed by atoms with van der Waals surface area (Å²) >= 11 is 2.83. The minimum Gasteiger partial charge on any atom is -0.454 e. The number of rotatable bonds is 2. The van der Waals surface area contributed by atoms with E-state index in [1.54, 1.807) is 0 Å². The van der Waals surface area contributed by atoms with Crippen molar-refractivity contribution in [2.75, 3.05) is 0 Å². The first-order valence-corrected chi connectivity index (χ1v) is 7.35. The van der Waals surface area contributed by atoms with Gasteiger partial charge in [-0.1, -0.05) is 12.6 Å². The fourth-order valence-corrected chi connectivity index (χ4v) is 5.17. The average Bonchev–Trinajstić information content (AvgIpc) is 2.80. The minimum absolute atomic E-state index is 0.220. The number of ether oxygens (including phenoxy) is 1. The summed E-state index contributed by atoms with van der Waals surface area (Å²) in [5.74, 6) is -2.22. The first kappa shape index (κ1) is 12.6. The molecule has 5 nitrogen and oxygen atoms in total. The lowest BCUT2D eigenvalue weighted by Gasteiger charge is -2.25. The molecule has 2 saturated carbocycles. The van der Waals surface area contributed by atoms with Crippen molar-refractivity contribution < 1.29 is 30.9 Å². The van der Waals surface area contributed by atoms with E-state index in [-0.39, 0.29) is 11.8 Å². The highest BCUT2D eigenvalue weighted by Crippen LogP contribution is 2.55. The van der Waals surface area contributed by atoms with Gasteiger partial charge in [0.1, 0.15) is 12.2 Å². The summed E-state index contributed by atoms with van der Waals surface area (Å²) in [6.45, 7) is 0. The summed E-state index contributed by atoms with van der Waals surface area (Å²) in [4.78, 5) is 11.1. The number of carbonyl (C=O) groups excluding carboxylic acids is 1. The molecule has 1 aliphatic heterocycles. The Morgan fingerprint density at radius 3 is 2.67 bits per heavy atom. The van der Waals surface area contributed by atoms with Crippen LogP contribution >= 0.6 is 12.6 Å². The van der Waals surface area contributed by atoms with Crippen LogP contribution in [0.4, 0.5) is 8.78 Å². The highest BCUT2D eigenvalue weighted by Gasteiger charge is 2.65. The lowest BCUT2D eigenvalue weighted by Crippen LogP contribution is -2.40. The van der Waals surface area contributed by atoms with Crippen LogP contribution in [0, 0.1) is 11.8 Å². The van der Waals surface area contributed by atoms with Crippen molar-refractivity contribution in [2.24, 2.45) is 11.8 Å². The highest BCUT2D eigenvalue weighted by atomic mass is 32.2. The van der Waals surface area contributed by atoms with Crippen molar-refractivity contribution in [3.63, 3.8) is 0 Å². The SMILES string of the molecule is O=C(OC1C2CC3C1OS(=O)(=O)C3C2)C(F)(F)S. The Hall–Kier alpha value is -0.410. The molecular weight excluding hydrogens is 290 g/mol. The van der Waals surface area contributed by atoms with Crippen molar-refractivity contribution in [1.82, 2.24) is 0 Å². The largest absolute Gasteiger partial charge is 0.454 e. The van der Waals surface area contributed by atoms with E-state index in [0.29, 0.717) is 12.8 Å². The quantitative estimate of drug-likeness (QED) is 0.458. The Kier molecular flexibility index (Phi) is 2.50. The number of esters is 1. The molecule has 0 amide bonds. The van der Waals surface area contributed by atoms with Crippen LogP contribution < -0.4 is 0 Å². The third kappa shape index (κ3) is 1.67. The normalized spacial score (nSPS) is 44.3. The van der Waals surface area contributed by atoms with Crippen LogP contribution in [0.25, 0.3) is 0 Å². The number of carbonyl (C=O) groups is 1. The van der Waals surface area contributed by atoms with E-state index in [9.17, 15) is 22.0 Å². The van der Waals surface area contributed by atoms with Gasteiger partial charge in [-0.15, -0.1) is 0 Å². The van der Waals surface area contributed by atoms with Gasteiger partial charge >= 0.3 is 11.2 Å². The summed E-state index contributed by atoms with van der Waals surface area (Å²) in [5, 5.41) is -4.45. The molecule has 2 aliphatic carbocycles. The standard InChI is InChI=1S/C9H10F2O5S2/c10-9(11,17)8(12)15-6-3-1-4-5(2-3)18(13,14)16-7(4)6/h3-7,17H,1-2H2. The number of alkyl halides is 2. The van der Waals surface area contributed by atoms with Crippen LogP contribution in [0.3, 0.4) is 0 Å². The van der Waals surface area contributed by atoms with Crippen LogP contribution in [0.2, 0.25) is 0 Å². The molecule has 0 spiro atoms. The molecule has 2 bridgehead atoms. The smallest absolute Gasteiger partial charge is 0.388 e. The van der Waals surface area contributed by atoms with Crippen LogP contribution in [-0.2, 0) is 23.8 Å². The zero-order valence-electron chi connectivity index (χ0n) is 8.95. The minimum atomic E-state index is -3.88. The Labute approximate surface area is 107 Å². The van der Waals surface area contributed by atoms with Crippen molar-refractivity contribution >= 4 is 28.7 Å². The molecule has 0 N–H and O–H groups in total. The summed E-state index contributed by atoms with van der Waals surface area (Å²) in [5.41, 5.74) is 0. The summed E-state index contributed by atoms with van der Waals surface area (Å²) in [6.07, 6.45) is -0.878. The van der Waals surface area contributed by atoms with Gasteiger partial charge < -0.3 is 4.74 Å². The molecule has 0 radical (unpaired) electrons. The van der Waals surface area contributed by atoms with E-state index in [4.69, 9.17) is 4.18 Å². The van der Waals surface area contributed by atoms with Gasteiger partial charge in [0.25, 0.3) is 10.1 Å². The van der Waals surface area contributed by atoms with Gasteiger partial charge in [-0.25, -0.2) is 4.79 Å². The molecule has 0 aromatic carbocycles. The molecule has 3 rings (SSSR count). The van der Waals surface area contributed by atoms with Crippen molar-refractivity contribution in [2.45, 2.75) is 35.6 Å². The lowest BCUT2D eigenvalue weighted by molar-refractivity contribution is -0.172. The van der Waals surface area contributed by atoms with Gasteiger partial charge in [0, 0.05) is 11.8 Å². The van der Waals surface area contributed by atoms with E-state index in [0.717, 1.165) is 0 Å². The van der Waals surface area contributed by atoms with E-state index in [1.165, 1.54) is 0 Å². The third-order valence-corrected chi connectivity index (χ3v) is 5.86. The van der Waals surface area contributed by atoms with Gasteiger partial charge in [-0.05, 0) is 12.8 Å². The number of hydrogen-bond donors (Lipinski definition) is 1. The molecule has 102 valence electrons. The molecular formula is C9H10F2O5S2. The third-order valence-electron chi connectivity index (χ3n) is 3.90. The molecule has 1 saturated heterocycles. The molecule has 0 aromatic rings. The number of thiol groups is 1. The van der Waals surface area contributed by atoms with Gasteiger partial charge in [0.05, 0.1) is 5.25 Å². The van der Waals surface area contributed by atoms with Crippen molar-refractivity contribution in [3.8, 4) is 0 Å². The lowest BCUT2D eigenvalue weighted by atomic mass is 9.94. The topological polar surface area (TPSA) is 69.7 Å². The fourth-order valence-electron chi connectivity index (χ4n) is 3.24. The van der Waals surface area contributed by atoms with Crippen molar-refractivity contribution in [3.05, 3.63) is 0 Å². The van der Waals surface area contributed by atoms with E-state index < -0.39 is 38.8 Å². The van der Waals surface area contributed by atoms with Crippen LogP contribution in [-0.4, -0.2) is 37.1 Å². The number of fused-ring (bicyclic) bond motifs is 1. The molecule has 5 unspecified atom stereocenters. The van der Waals surface area contributed by atoms with E-state index in [2.05, 4.69) is 17.4 Å². The van der Waals surface area contributed by atoms with Crippen LogP contribution in [0.5, 0.6) is 0 Å². The molecule has 0 aromatic heterocycles. The van der Waals surface area contributed by atoms with Gasteiger partial charge in [-0.2, -0.15) is 17.2 Å². The maximum atomic E-state index is 12.6. The predicted octanol–water partition coefficient (Wildman–Crippen LogP) is 0.558. The van der Waals surface area contributed by atoms with Gasteiger partial charge in [0.2, 0.25) is 0 Å². The second-order valence-electron chi connectivity index (χ2n) is 4.90. The second-order valence-corrected chi connectivity index (χ2v) is 7.24. The fraction of sp³-hybridized carbons (Fsp3) is 0.889. The predicted molar refractivity (Wildman–Crippen MR) is 57.6 cm³/mol. The second kappa shape index (κ2) is 3.57. The van der Waals surface area contributed by atoms with Crippen LogP contribution in [0.15, 0.2) is 0 Å². The highest BCUT2D eigenvalue weighted by molar-refractivity contribution is 7.87. The molecule has 5 atom stereocenters. The molecule has 9 heteroatoms. The summed E-state index contributed by atoms with van der Waals surface area (Å²) in [6, 6.07) is 0. The number of halogens is 2. The van der Waals surface area contributed by atoms with Gasteiger partial charge in [-0.3, -0.25) is 4.18 Å². The first-order chi connectivity index (χ1) is 8.20. The zero-order chi connectivity index (χ0) is 13.3. The maximum Gasteiger partial charge on any atom is 0.388 e. The Bertz CT molecular complexity index is 500. The van der Waals surface area contributed by atoms with Crippen LogP contribution in [0.1, 0.15) is 12.8 Å². The Morgan fingerprint density at radius 2 is 2.06 bits per heavy atom. The molecule has 3 aliphatic rings. The maximum absolute atomic E-state index is 12.6. The van der Waals surface area contributed by atoms with E-state index >= 15 is 0 Å². The van der Waals surface area contributed by atoms with Crippen molar-refractivity contribution in [1.29, 1.82) is 0 Å². The average molecular weight is 300 g/mol. The molecule has 3 fully saturated rings. The monoisotopic (exact) mass is 300 g/mol. The van der Waals surface area contributed by atoms with E-state index in [1.807, 2.05) is 0 Å². The summed E-state index contributed by atoms with van der Waals surface area (Å²) in [7, 11) is -3.63. The first-order valence-electron chi connectivity index (χ1n) is 5.43. The Balaban J connectivity index is 1.80. The Morgan fingerprint density at radius 1 is 1.39 bits per heavy atom. The molecule has 1 heterocycles. The van der Waals surface area contributed by atoms with Gasteiger partial charge in [0.15, 0.2) is 0 Å². The summed E-state index contributed by atoms with van der Waals surface area (Å²) < 4.78 is 58.0.